The van der Waals surface area contributed by atoms with Crippen LogP contribution >= 0.6 is 0 Å². The Bertz CT molecular complexity index is 1770. The molecule has 4 aromatic rings. The van der Waals surface area contributed by atoms with Crippen LogP contribution < -0.4 is 15.8 Å². The largest absolute Gasteiger partial charge is 0.297 e. The molecule has 7 nitrogen and oxygen atoms in total. The maximum Gasteiger partial charge on any atom is 0.266 e. The van der Waals surface area contributed by atoms with E-state index in [2.05, 4.69) is 19.2 Å². The molecule has 0 bridgehead atoms. The quantitative estimate of drug-likeness (QED) is 0.407. The predicted octanol–water partition coefficient (Wildman–Crippen LogP) is 4.38. The van der Waals surface area contributed by atoms with E-state index in [1.807, 2.05) is 74.5 Å². The molecule has 3 aliphatic rings. The van der Waals surface area contributed by atoms with Gasteiger partial charge in [-0.15, -0.1) is 0 Å². The molecule has 1 aromatic heterocycles. The maximum atomic E-state index is 14.6. The van der Waals surface area contributed by atoms with Crippen molar-refractivity contribution >= 4 is 28.4 Å². The first kappa shape index (κ1) is 24.0. The summed E-state index contributed by atoms with van der Waals surface area (Å²) in [5, 5.41) is 4.29. The highest BCUT2D eigenvalue weighted by Gasteiger charge is 2.69. The molecular weight excluding hydrogens is 488 g/mol. The highest BCUT2D eigenvalue weighted by Crippen LogP contribution is 2.56. The number of aryl methyl sites for hydroxylation is 1. The summed E-state index contributed by atoms with van der Waals surface area (Å²) >= 11 is 0. The van der Waals surface area contributed by atoms with Gasteiger partial charge in [-0.1, -0.05) is 56.3 Å². The summed E-state index contributed by atoms with van der Waals surface area (Å²) < 4.78 is 1.65. The van der Waals surface area contributed by atoms with Crippen molar-refractivity contribution in [3.63, 3.8) is 0 Å². The summed E-state index contributed by atoms with van der Waals surface area (Å²) in [6.45, 7) is 8.18. The molecule has 196 valence electrons. The second-order valence-corrected chi connectivity index (χ2v) is 11.5. The number of fused-ring (bicyclic) bond motifs is 8. The average molecular weight is 519 g/mol. The predicted molar refractivity (Wildman–Crippen MR) is 150 cm³/mol. The van der Waals surface area contributed by atoms with Crippen molar-refractivity contribution in [2.75, 3.05) is 4.90 Å². The van der Waals surface area contributed by atoms with Crippen molar-refractivity contribution in [3.05, 3.63) is 99.6 Å². The summed E-state index contributed by atoms with van der Waals surface area (Å²) in [6, 6.07) is 20.5. The normalized spacial score (nSPS) is 25.2. The minimum absolute atomic E-state index is 0.172. The number of hydrogen-bond donors (Lipinski definition) is 1. The summed E-state index contributed by atoms with van der Waals surface area (Å²) in [5.41, 5.74) is 3.38. The molecule has 7 heteroatoms. The van der Waals surface area contributed by atoms with Crippen molar-refractivity contribution < 1.29 is 9.59 Å². The summed E-state index contributed by atoms with van der Waals surface area (Å²) in [5.74, 6) is -0.979. The minimum atomic E-state index is -1.11. The van der Waals surface area contributed by atoms with Gasteiger partial charge in [0.2, 0.25) is 11.8 Å². The number of carbonyl (C=O) groups is 2. The Labute approximate surface area is 226 Å². The second-order valence-electron chi connectivity index (χ2n) is 11.5. The number of carbonyl (C=O) groups excluding carboxylic acids is 2. The van der Waals surface area contributed by atoms with Crippen LogP contribution in [-0.2, 0) is 15.1 Å². The van der Waals surface area contributed by atoms with Crippen molar-refractivity contribution in [1.82, 2.24) is 14.9 Å². The fraction of sp³-hybridized carbons (Fsp3) is 0.312. The van der Waals surface area contributed by atoms with Gasteiger partial charge < -0.3 is 0 Å². The lowest BCUT2D eigenvalue weighted by Crippen LogP contribution is -2.50. The summed E-state index contributed by atoms with van der Waals surface area (Å²) in [4.78, 5) is 49.2. The van der Waals surface area contributed by atoms with Crippen LogP contribution in [0.25, 0.3) is 16.6 Å². The van der Waals surface area contributed by atoms with Gasteiger partial charge in [0.15, 0.2) is 0 Å². The van der Waals surface area contributed by atoms with Crippen molar-refractivity contribution in [2.24, 2.45) is 17.8 Å². The minimum Gasteiger partial charge on any atom is -0.297 e. The van der Waals surface area contributed by atoms with Gasteiger partial charge in [-0.05, 0) is 61.6 Å². The molecule has 39 heavy (non-hydrogen) atoms. The lowest BCUT2D eigenvalue weighted by atomic mass is 9.75. The van der Waals surface area contributed by atoms with E-state index in [0.717, 1.165) is 16.7 Å². The number of benzene rings is 3. The molecule has 3 aromatic carbocycles. The highest BCUT2D eigenvalue weighted by molar-refractivity contribution is 6.23. The number of anilines is 1. The zero-order valence-corrected chi connectivity index (χ0v) is 22.4. The van der Waals surface area contributed by atoms with E-state index < -0.39 is 17.4 Å². The van der Waals surface area contributed by atoms with Gasteiger partial charge in [0.1, 0.15) is 11.4 Å². The SMILES string of the molecule is Cc1cccc(N2C(=O)[C@H]3C(CC(C)C)NC4(c5ccccc5-n5c4nc4ccccc4c5=O)[C@H]3C2=O)c1C. The monoisotopic (exact) mass is 518 g/mol. The summed E-state index contributed by atoms with van der Waals surface area (Å²) in [7, 11) is 0. The molecule has 4 heterocycles. The third-order valence-corrected chi connectivity index (χ3v) is 8.90. The molecule has 7 rings (SSSR count). The Morgan fingerprint density at radius 3 is 2.41 bits per heavy atom. The number of para-hydroxylation sites is 2. The zero-order valence-electron chi connectivity index (χ0n) is 22.4. The van der Waals surface area contributed by atoms with Gasteiger partial charge in [0.05, 0.1) is 34.1 Å². The lowest BCUT2D eigenvalue weighted by Gasteiger charge is -2.32. The molecule has 1 spiro atoms. The molecule has 2 fully saturated rings. The van der Waals surface area contributed by atoms with Crippen molar-refractivity contribution in [2.45, 2.75) is 45.7 Å². The topological polar surface area (TPSA) is 84.3 Å². The van der Waals surface area contributed by atoms with Crippen LogP contribution in [0.1, 0.15) is 42.8 Å². The Morgan fingerprint density at radius 2 is 1.62 bits per heavy atom. The third-order valence-electron chi connectivity index (χ3n) is 8.90. The first-order valence-electron chi connectivity index (χ1n) is 13.6. The molecule has 2 saturated heterocycles. The Hall–Kier alpha value is -4.10. The molecule has 3 aliphatic heterocycles. The van der Waals surface area contributed by atoms with Crippen molar-refractivity contribution in [1.29, 1.82) is 0 Å². The van der Waals surface area contributed by atoms with Crippen LogP contribution in [0.15, 0.2) is 71.5 Å². The molecule has 1 N–H and O–H groups in total. The van der Waals surface area contributed by atoms with Crippen LogP contribution in [0.3, 0.4) is 0 Å². The number of amides is 2. The van der Waals surface area contributed by atoms with Gasteiger partial charge >= 0.3 is 0 Å². The van der Waals surface area contributed by atoms with E-state index in [1.165, 1.54) is 4.90 Å². The lowest BCUT2D eigenvalue weighted by molar-refractivity contribution is -0.123. The Morgan fingerprint density at radius 1 is 0.897 bits per heavy atom. The number of nitrogens with one attached hydrogen (secondary N) is 1. The Kier molecular flexibility index (Phi) is 5.04. The third kappa shape index (κ3) is 3.02. The number of nitrogens with zero attached hydrogens (tertiary/aromatic N) is 3. The van der Waals surface area contributed by atoms with Crippen LogP contribution in [0, 0.1) is 31.6 Å². The van der Waals surface area contributed by atoms with Crippen LogP contribution in [0.5, 0.6) is 0 Å². The smallest absolute Gasteiger partial charge is 0.266 e. The number of aromatic nitrogens is 2. The fourth-order valence-corrected chi connectivity index (χ4v) is 7.14. The van der Waals surface area contributed by atoms with Crippen molar-refractivity contribution in [3.8, 4) is 5.69 Å². The molecule has 2 unspecified atom stereocenters. The van der Waals surface area contributed by atoms with Gasteiger partial charge in [-0.25, -0.2) is 9.88 Å². The number of rotatable bonds is 3. The van der Waals surface area contributed by atoms with Gasteiger partial charge in [-0.2, -0.15) is 0 Å². The van der Waals surface area contributed by atoms with Crippen LogP contribution in [0.2, 0.25) is 0 Å². The van der Waals surface area contributed by atoms with Crippen LogP contribution in [0.4, 0.5) is 5.69 Å². The number of hydrogen-bond acceptors (Lipinski definition) is 5. The van der Waals surface area contributed by atoms with Gasteiger partial charge in [0.25, 0.3) is 5.56 Å². The molecule has 0 saturated carbocycles. The van der Waals surface area contributed by atoms with E-state index in [9.17, 15) is 14.4 Å². The van der Waals surface area contributed by atoms with Gasteiger partial charge in [0, 0.05) is 11.6 Å². The zero-order chi connectivity index (χ0) is 27.2. The fourth-order valence-electron chi connectivity index (χ4n) is 7.14. The van der Waals surface area contributed by atoms with E-state index >= 15 is 0 Å². The van der Waals surface area contributed by atoms with E-state index in [4.69, 9.17) is 4.98 Å². The maximum absolute atomic E-state index is 14.6. The molecule has 0 radical (unpaired) electrons. The van der Waals surface area contributed by atoms with E-state index in [-0.39, 0.29) is 23.4 Å². The second kappa shape index (κ2) is 8.20. The highest BCUT2D eigenvalue weighted by atomic mass is 16.2. The van der Waals surface area contributed by atoms with E-state index in [1.54, 1.807) is 10.6 Å². The van der Waals surface area contributed by atoms with E-state index in [0.29, 0.717) is 40.4 Å². The van der Waals surface area contributed by atoms with Gasteiger partial charge in [-0.3, -0.25) is 24.3 Å². The van der Waals surface area contributed by atoms with Crippen LogP contribution in [-0.4, -0.2) is 27.4 Å². The summed E-state index contributed by atoms with van der Waals surface area (Å²) in [6.07, 6.45) is 0.711. The first-order valence-corrected chi connectivity index (χ1v) is 13.6. The molecular formula is C32H30N4O3. The first-order chi connectivity index (χ1) is 18.8. The number of imide groups is 1. The molecule has 0 aliphatic carbocycles. The Balaban J connectivity index is 1.53. The molecule has 4 atom stereocenters. The standard InChI is InChI=1S/C32H30N4O3/c1-17(2)16-23-26-27(30(39)35(29(26)38)24-15-9-10-18(3)19(24)4)32(34-23)21-12-6-8-14-25(21)36-28(37)20-11-5-7-13-22(20)33-31(32)36/h5-15,17,23,26-27,34H,16H2,1-4H3/t23?,26-,27+,32?/m0/s1. The molecule has 2 amide bonds. The average Bonchev–Trinajstić information content (AvgIpc) is 3.49.